The van der Waals surface area contributed by atoms with Gasteiger partial charge in [0.1, 0.15) is 0 Å². The maximum absolute atomic E-state index is 6.33. The Hall–Kier alpha value is -3.50. The topological polar surface area (TPSA) is 15.9 Å². The first-order valence-electron chi connectivity index (χ1n) is 13.0. The van der Waals surface area contributed by atoms with Crippen LogP contribution in [0.15, 0.2) is 120 Å². The standard InChI is InChI=1S/C34H26Cl2N2S/c35-25-14-18-27(19-15-25)37-34(39)30-13-7-12-29-31(23-8-3-1-4-9-23)22-32(24-10-5-2-6-11-24)38(33(29)30)28-20-16-26(36)17-21-28/h1-6,8-11,14-22H,7,12-13H2,(H,37,39)/p+1. The number of rotatable bonds is 5. The zero-order chi connectivity index (χ0) is 26.8. The molecule has 192 valence electrons. The van der Waals surface area contributed by atoms with Crippen molar-refractivity contribution in [2.24, 2.45) is 0 Å². The van der Waals surface area contributed by atoms with Gasteiger partial charge >= 0.3 is 0 Å². The van der Waals surface area contributed by atoms with Crippen LogP contribution in [0.5, 0.6) is 0 Å². The Bertz CT molecular complexity index is 1650. The highest BCUT2D eigenvalue weighted by molar-refractivity contribution is 7.84. The van der Waals surface area contributed by atoms with E-state index >= 15 is 0 Å². The van der Waals surface area contributed by atoms with E-state index in [1.165, 1.54) is 28.0 Å². The summed E-state index contributed by atoms with van der Waals surface area (Å²) in [6.07, 6.45) is 2.93. The molecule has 0 bridgehead atoms. The number of pyridine rings is 1. The summed E-state index contributed by atoms with van der Waals surface area (Å²) >= 11 is 17.5. The predicted molar refractivity (Wildman–Crippen MR) is 168 cm³/mol. The molecule has 0 amide bonds. The van der Waals surface area contributed by atoms with Crippen LogP contribution in [-0.2, 0) is 6.42 Å². The molecule has 39 heavy (non-hydrogen) atoms. The van der Waals surface area contributed by atoms with Gasteiger partial charge in [-0.15, -0.1) is 12.6 Å². The Morgan fingerprint density at radius 1 is 0.692 bits per heavy atom. The quantitative estimate of drug-likeness (QED) is 0.160. The number of fused-ring (bicyclic) bond motifs is 1. The van der Waals surface area contributed by atoms with E-state index in [0.717, 1.165) is 46.9 Å². The van der Waals surface area contributed by atoms with Gasteiger partial charge in [0.25, 0.3) is 0 Å². The highest BCUT2D eigenvalue weighted by Crippen LogP contribution is 2.40. The van der Waals surface area contributed by atoms with Gasteiger partial charge in [-0.1, -0.05) is 71.7 Å². The summed E-state index contributed by atoms with van der Waals surface area (Å²) in [6, 6.07) is 39.4. The molecule has 6 rings (SSSR count). The average Bonchev–Trinajstić information content (AvgIpc) is 2.98. The minimum atomic E-state index is 0.706. The van der Waals surface area contributed by atoms with Gasteiger partial charge in [0.15, 0.2) is 0 Å². The van der Waals surface area contributed by atoms with Gasteiger partial charge in [-0.3, -0.25) is 0 Å². The van der Waals surface area contributed by atoms with Crippen molar-refractivity contribution >= 4 is 47.1 Å². The maximum Gasteiger partial charge on any atom is 0.221 e. The van der Waals surface area contributed by atoms with Crippen molar-refractivity contribution in [2.75, 3.05) is 5.32 Å². The van der Waals surface area contributed by atoms with Gasteiger partial charge < -0.3 is 5.32 Å². The van der Waals surface area contributed by atoms with Crippen molar-refractivity contribution in [3.05, 3.63) is 142 Å². The van der Waals surface area contributed by atoms with E-state index in [1.807, 2.05) is 36.4 Å². The first-order chi connectivity index (χ1) is 19.1. The molecule has 1 aromatic heterocycles. The summed E-state index contributed by atoms with van der Waals surface area (Å²) in [7, 11) is 0. The second kappa shape index (κ2) is 11.3. The smallest absolute Gasteiger partial charge is 0.221 e. The van der Waals surface area contributed by atoms with Gasteiger partial charge in [-0.05, 0) is 78.9 Å². The number of anilines is 1. The molecule has 1 N–H and O–H groups in total. The lowest BCUT2D eigenvalue weighted by Gasteiger charge is -2.24. The molecule has 5 heteroatoms. The second-order valence-electron chi connectivity index (χ2n) is 9.63. The molecule has 0 atom stereocenters. The molecule has 0 radical (unpaired) electrons. The number of thiol groups is 1. The number of nitrogens with one attached hydrogen (secondary N) is 1. The zero-order valence-electron chi connectivity index (χ0n) is 21.2. The van der Waals surface area contributed by atoms with Crippen LogP contribution in [-0.4, -0.2) is 0 Å². The Morgan fingerprint density at radius 2 is 1.28 bits per heavy atom. The summed E-state index contributed by atoms with van der Waals surface area (Å²) in [6.45, 7) is 0. The van der Waals surface area contributed by atoms with Crippen LogP contribution in [0.1, 0.15) is 24.1 Å². The van der Waals surface area contributed by atoms with E-state index in [9.17, 15) is 0 Å². The Balaban J connectivity index is 1.68. The molecule has 5 aromatic rings. The molecule has 0 saturated heterocycles. The SMILES string of the molecule is SC(Nc1ccc(Cl)cc1)=C1CCCc2c(-c3ccccc3)cc(-c3ccccc3)[n+](-c3ccc(Cl)cc3)c21. The predicted octanol–water partition coefficient (Wildman–Crippen LogP) is 9.65. The number of hydrogen-bond acceptors (Lipinski definition) is 2. The Kier molecular flexibility index (Phi) is 7.47. The van der Waals surface area contributed by atoms with Crippen LogP contribution in [0.4, 0.5) is 5.69 Å². The number of hydrogen-bond donors (Lipinski definition) is 2. The monoisotopic (exact) mass is 565 g/mol. The number of benzene rings is 4. The molecule has 0 aliphatic heterocycles. The van der Waals surface area contributed by atoms with Crippen molar-refractivity contribution in [1.82, 2.24) is 0 Å². The number of allylic oxidation sites excluding steroid dienone is 1. The minimum absolute atomic E-state index is 0.706. The molecule has 2 nitrogen and oxygen atoms in total. The van der Waals surface area contributed by atoms with Gasteiger partial charge in [-0.25, -0.2) is 0 Å². The zero-order valence-corrected chi connectivity index (χ0v) is 23.6. The molecule has 0 spiro atoms. The average molecular weight is 567 g/mol. The fourth-order valence-corrected chi connectivity index (χ4v) is 5.93. The molecule has 1 heterocycles. The molecule has 1 aliphatic rings. The summed E-state index contributed by atoms with van der Waals surface area (Å²) in [5.74, 6) is 0. The fourth-order valence-electron chi connectivity index (χ4n) is 5.33. The third-order valence-electron chi connectivity index (χ3n) is 7.13. The van der Waals surface area contributed by atoms with Gasteiger partial charge in [0.05, 0.1) is 10.6 Å². The largest absolute Gasteiger partial charge is 0.350 e. The normalized spacial score (nSPS) is 14.0. The van der Waals surface area contributed by atoms with Crippen LogP contribution in [0.2, 0.25) is 10.0 Å². The highest BCUT2D eigenvalue weighted by atomic mass is 35.5. The second-order valence-corrected chi connectivity index (χ2v) is 10.9. The third kappa shape index (κ3) is 5.35. The van der Waals surface area contributed by atoms with E-state index in [4.69, 9.17) is 35.8 Å². The lowest BCUT2D eigenvalue weighted by atomic mass is 9.84. The fraction of sp³-hybridized carbons (Fsp3) is 0.0882. The molecule has 0 fully saturated rings. The van der Waals surface area contributed by atoms with Crippen molar-refractivity contribution in [1.29, 1.82) is 0 Å². The van der Waals surface area contributed by atoms with E-state index in [2.05, 4.69) is 88.7 Å². The van der Waals surface area contributed by atoms with E-state index in [-0.39, 0.29) is 0 Å². The van der Waals surface area contributed by atoms with Gasteiger partial charge in [0, 0.05) is 45.1 Å². The van der Waals surface area contributed by atoms with Crippen molar-refractivity contribution in [3.63, 3.8) is 0 Å². The van der Waals surface area contributed by atoms with Crippen molar-refractivity contribution in [2.45, 2.75) is 19.3 Å². The maximum atomic E-state index is 6.33. The van der Waals surface area contributed by atoms with Crippen LogP contribution >= 0.6 is 35.8 Å². The molecule has 0 unspecified atom stereocenters. The first kappa shape index (κ1) is 25.8. The molecule has 0 saturated carbocycles. The van der Waals surface area contributed by atoms with Crippen LogP contribution in [0.25, 0.3) is 33.6 Å². The third-order valence-corrected chi connectivity index (χ3v) is 8.01. The summed E-state index contributed by atoms with van der Waals surface area (Å²) in [5, 5.41) is 5.79. The minimum Gasteiger partial charge on any atom is -0.350 e. The summed E-state index contributed by atoms with van der Waals surface area (Å²) < 4.78 is 2.38. The first-order valence-corrected chi connectivity index (χ1v) is 14.2. The number of aromatic nitrogens is 1. The van der Waals surface area contributed by atoms with E-state index < -0.39 is 0 Å². The van der Waals surface area contributed by atoms with Crippen molar-refractivity contribution < 1.29 is 4.57 Å². The Labute approximate surface area is 245 Å². The van der Waals surface area contributed by atoms with Gasteiger partial charge in [-0.2, -0.15) is 4.57 Å². The summed E-state index contributed by atoms with van der Waals surface area (Å²) in [4.78, 5) is 0. The van der Waals surface area contributed by atoms with Crippen molar-refractivity contribution in [3.8, 4) is 28.1 Å². The van der Waals surface area contributed by atoms with E-state index in [1.54, 1.807) is 0 Å². The van der Waals surface area contributed by atoms with Gasteiger partial charge in [0.2, 0.25) is 17.1 Å². The lowest BCUT2D eigenvalue weighted by Crippen LogP contribution is -2.41. The van der Waals surface area contributed by atoms with Crippen LogP contribution in [0.3, 0.4) is 0 Å². The molecular formula is C34H27Cl2N2S+. The van der Waals surface area contributed by atoms with E-state index in [0.29, 0.717) is 10.0 Å². The number of nitrogens with zero attached hydrogens (tertiary/aromatic N) is 1. The molecular weight excluding hydrogens is 539 g/mol. The molecule has 4 aromatic carbocycles. The van der Waals surface area contributed by atoms with Crippen LogP contribution < -0.4 is 9.88 Å². The molecule has 1 aliphatic carbocycles. The Morgan fingerprint density at radius 3 is 1.92 bits per heavy atom. The summed E-state index contributed by atoms with van der Waals surface area (Å²) in [5.41, 5.74) is 10.4. The highest BCUT2D eigenvalue weighted by Gasteiger charge is 2.34. The number of halogens is 2. The van der Waals surface area contributed by atoms with Crippen LogP contribution in [0, 0.1) is 0 Å². The lowest BCUT2D eigenvalue weighted by molar-refractivity contribution is -0.587.